The maximum absolute atomic E-state index is 10.6. The summed E-state index contributed by atoms with van der Waals surface area (Å²) in [5, 5.41) is 20.8. The monoisotopic (exact) mass is 377 g/mol. The quantitative estimate of drug-likeness (QED) is 0.356. The van der Waals surface area contributed by atoms with E-state index in [4.69, 9.17) is 9.47 Å². The summed E-state index contributed by atoms with van der Waals surface area (Å²) >= 11 is 1.56. The maximum atomic E-state index is 10.6. The van der Waals surface area contributed by atoms with Crippen LogP contribution in [0.25, 0.3) is 0 Å². The number of thiophene rings is 1. The highest BCUT2D eigenvalue weighted by Gasteiger charge is 2.23. The van der Waals surface area contributed by atoms with Crippen molar-refractivity contribution in [3.05, 3.63) is 46.7 Å². The van der Waals surface area contributed by atoms with E-state index in [2.05, 4.69) is 15.6 Å². The fourth-order valence-electron chi connectivity index (χ4n) is 2.27. The van der Waals surface area contributed by atoms with Crippen LogP contribution in [0.3, 0.4) is 0 Å². The number of hydrogen-bond donors (Lipinski definition) is 3. The zero-order chi connectivity index (χ0) is 18.8. The number of ether oxygens (including phenoxy) is 2. The van der Waals surface area contributed by atoms with Gasteiger partial charge in [0.1, 0.15) is 23.7 Å². The van der Waals surface area contributed by atoms with Crippen molar-refractivity contribution in [3.63, 3.8) is 0 Å². The van der Waals surface area contributed by atoms with Crippen molar-refractivity contribution in [1.82, 2.24) is 10.6 Å². The zero-order valence-corrected chi connectivity index (χ0v) is 16.3. The van der Waals surface area contributed by atoms with E-state index in [9.17, 15) is 5.11 Å². The third kappa shape index (κ3) is 6.24. The first-order valence-corrected chi connectivity index (χ1v) is 9.53. The molecule has 0 fully saturated rings. The van der Waals surface area contributed by atoms with Crippen LogP contribution < -0.4 is 20.1 Å². The van der Waals surface area contributed by atoms with E-state index >= 15 is 0 Å². The molecule has 0 amide bonds. The third-order valence-corrected chi connectivity index (χ3v) is 4.42. The lowest BCUT2D eigenvalue weighted by Crippen LogP contribution is -2.40. The molecule has 1 aromatic carbocycles. The number of hydrogen-bond acceptors (Lipinski definition) is 5. The molecular formula is C19H27N3O3S. The Labute approximate surface area is 158 Å². The number of nitrogens with zero attached hydrogens (tertiary/aromatic N) is 1. The van der Waals surface area contributed by atoms with Crippen LogP contribution in [0.4, 0.5) is 0 Å². The van der Waals surface area contributed by atoms with E-state index < -0.39 is 5.60 Å². The highest BCUT2D eigenvalue weighted by molar-refractivity contribution is 7.08. The first kappa shape index (κ1) is 20.1. The lowest BCUT2D eigenvalue weighted by molar-refractivity contribution is 0.0677. The SMILES string of the molecule is CCNC(=NCC(C)(O)c1ccsc1)NCCOc1cccc(OC)c1. The minimum Gasteiger partial charge on any atom is -0.497 e. The average molecular weight is 378 g/mol. The molecule has 0 aliphatic carbocycles. The molecule has 1 aromatic heterocycles. The fourth-order valence-corrected chi connectivity index (χ4v) is 3.05. The number of aliphatic hydroxyl groups is 1. The fraction of sp³-hybridized carbons (Fsp3) is 0.421. The Balaban J connectivity index is 1.83. The summed E-state index contributed by atoms with van der Waals surface area (Å²) in [6.07, 6.45) is 0. The molecule has 0 aliphatic rings. The normalized spacial score (nSPS) is 13.8. The molecule has 0 saturated heterocycles. The zero-order valence-electron chi connectivity index (χ0n) is 15.5. The lowest BCUT2D eigenvalue weighted by atomic mass is 10.00. The number of guanidine groups is 1. The topological polar surface area (TPSA) is 75.1 Å². The first-order valence-electron chi connectivity index (χ1n) is 8.59. The molecule has 1 atom stereocenters. The lowest BCUT2D eigenvalue weighted by Gasteiger charge is -2.21. The van der Waals surface area contributed by atoms with Crippen LogP contribution in [0, 0.1) is 0 Å². The largest absolute Gasteiger partial charge is 0.497 e. The molecule has 3 N–H and O–H groups in total. The number of benzene rings is 1. The van der Waals surface area contributed by atoms with Gasteiger partial charge in [-0.05, 0) is 48.4 Å². The predicted molar refractivity (Wildman–Crippen MR) is 106 cm³/mol. The Morgan fingerprint density at radius 2 is 2.08 bits per heavy atom. The molecule has 26 heavy (non-hydrogen) atoms. The van der Waals surface area contributed by atoms with Crippen LogP contribution in [0.1, 0.15) is 19.4 Å². The van der Waals surface area contributed by atoms with Crippen LogP contribution in [-0.2, 0) is 5.60 Å². The highest BCUT2D eigenvalue weighted by atomic mass is 32.1. The highest BCUT2D eigenvalue weighted by Crippen LogP contribution is 2.23. The molecule has 7 heteroatoms. The van der Waals surface area contributed by atoms with Crippen molar-refractivity contribution in [2.45, 2.75) is 19.4 Å². The molecule has 0 aliphatic heterocycles. The molecule has 1 heterocycles. The van der Waals surface area contributed by atoms with E-state index in [0.717, 1.165) is 23.6 Å². The summed E-state index contributed by atoms with van der Waals surface area (Å²) < 4.78 is 10.9. The Morgan fingerprint density at radius 3 is 2.77 bits per heavy atom. The summed E-state index contributed by atoms with van der Waals surface area (Å²) in [7, 11) is 1.63. The van der Waals surface area contributed by atoms with Gasteiger partial charge in [-0.2, -0.15) is 11.3 Å². The van der Waals surface area contributed by atoms with Crippen LogP contribution >= 0.6 is 11.3 Å². The van der Waals surface area contributed by atoms with Gasteiger partial charge < -0.3 is 25.2 Å². The van der Waals surface area contributed by atoms with Gasteiger partial charge in [0.05, 0.1) is 20.2 Å². The number of rotatable bonds is 9. The molecule has 2 aromatic rings. The van der Waals surface area contributed by atoms with Gasteiger partial charge in [0.15, 0.2) is 5.96 Å². The van der Waals surface area contributed by atoms with Crippen molar-refractivity contribution in [2.75, 3.05) is 33.4 Å². The summed E-state index contributed by atoms with van der Waals surface area (Å²) in [4.78, 5) is 4.49. The predicted octanol–water partition coefficient (Wildman–Crippen LogP) is 2.60. The minimum atomic E-state index is -0.987. The first-order chi connectivity index (χ1) is 12.5. The molecule has 0 bridgehead atoms. The number of methoxy groups -OCH3 is 1. The summed E-state index contributed by atoms with van der Waals surface area (Å²) in [6, 6.07) is 9.42. The molecule has 2 rings (SSSR count). The molecule has 0 spiro atoms. The van der Waals surface area contributed by atoms with Crippen molar-refractivity contribution in [1.29, 1.82) is 0 Å². The van der Waals surface area contributed by atoms with E-state index in [0.29, 0.717) is 19.1 Å². The molecule has 1 unspecified atom stereocenters. The van der Waals surface area contributed by atoms with Gasteiger partial charge in [-0.3, -0.25) is 0 Å². The van der Waals surface area contributed by atoms with E-state index in [1.807, 2.05) is 48.0 Å². The molecule has 0 radical (unpaired) electrons. The van der Waals surface area contributed by atoms with Gasteiger partial charge in [0.25, 0.3) is 0 Å². The molecule has 142 valence electrons. The van der Waals surface area contributed by atoms with Gasteiger partial charge >= 0.3 is 0 Å². The molecular weight excluding hydrogens is 350 g/mol. The van der Waals surface area contributed by atoms with Crippen LogP contribution in [0.2, 0.25) is 0 Å². The van der Waals surface area contributed by atoms with Crippen molar-refractivity contribution in [3.8, 4) is 11.5 Å². The van der Waals surface area contributed by atoms with Gasteiger partial charge in [-0.15, -0.1) is 0 Å². The van der Waals surface area contributed by atoms with Crippen molar-refractivity contribution in [2.24, 2.45) is 4.99 Å². The Hall–Kier alpha value is -2.25. The summed E-state index contributed by atoms with van der Waals surface area (Å²) in [5.74, 6) is 2.17. The maximum Gasteiger partial charge on any atom is 0.191 e. The van der Waals surface area contributed by atoms with Crippen molar-refractivity contribution < 1.29 is 14.6 Å². The van der Waals surface area contributed by atoms with Gasteiger partial charge in [0, 0.05) is 12.6 Å². The standard InChI is InChI=1S/C19H27N3O3S/c1-4-20-18(22-14-19(2,23)15-8-11-26-13-15)21-9-10-25-17-7-5-6-16(12-17)24-3/h5-8,11-13,23H,4,9-10,14H2,1-3H3,(H2,20,21,22). The van der Waals surface area contributed by atoms with Crippen LogP contribution in [0.5, 0.6) is 11.5 Å². The summed E-state index contributed by atoms with van der Waals surface area (Å²) in [5.41, 5.74) is -0.108. The third-order valence-electron chi connectivity index (χ3n) is 3.74. The Morgan fingerprint density at radius 1 is 1.27 bits per heavy atom. The van der Waals surface area contributed by atoms with E-state index in [-0.39, 0.29) is 6.54 Å². The number of aliphatic imine (C=N–C) groups is 1. The summed E-state index contributed by atoms with van der Waals surface area (Å²) in [6.45, 7) is 5.86. The Bertz CT molecular complexity index is 687. The minimum absolute atomic E-state index is 0.274. The second-order valence-electron chi connectivity index (χ2n) is 5.94. The molecule has 6 nitrogen and oxygen atoms in total. The van der Waals surface area contributed by atoms with Crippen LogP contribution in [0.15, 0.2) is 46.1 Å². The van der Waals surface area contributed by atoms with E-state index in [1.165, 1.54) is 0 Å². The Kier molecular flexibility index (Phi) is 7.74. The average Bonchev–Trinajstić information content (AvgIpc) is 3.19. The van der Waals surface area contributed by atoms with Gasteiger partial charge in [-0.25, -0.2) is 4.99 Å². The van der Waals surface area contributed by atoms with Crippen molar-refractivity contribution >= 4 is 17.3 Å². The molecule has 0 saturated carbocycles. The second kappa shape index (κ2) is 10.0. The van der Waals surface area contributed by atoms with Gasteiger partial charge in [0.2, 0.25) is 0 Å². The van der Waals surface area contributed by atoms with E-state index in [1.54, 1.807) is 25.4 Å². The van der Waals surface area contributed by atoms with Crippen LogP contribution in [-0.4, -0.2) is 44.4 Å². The van der Waals surface area contributed by atoms with Gasteiger partial charge in [-0.1, -0.05) is 6.07 Å². The second-order valence-corrected chi connectivity index (χ2v) is 6.72. The number of nitrogens with one attached hydrogen (secondary N) is 2. The smallest absolute Gasteiger partial charge is 0.191 e.